The number of nitrogens with one attached hydrogen (secondary N) is 3. The van der Waals surface area contributed by atoms with Crippen molar-refractivity contribution in [2.24, 2.45) is 0 Å². The van der Waals surface area contributed by atoms with Gasteiger partial charge in [0.1, 0.15) is 18.1 Å². The Hall–Kier alpha value is -3.84. The summed E-state index contributed by atoms with van der Waals surface area (Å²) in [5, 5.41) is 14.6. The third kappa shape index (κ3) is 8.13. The SMILES string of the molecule is CN/C=C\C(=N)CC(C(=O)Nc1ccc(C)cc1)N(C)/C=C(OC)\C(=C/C=O)c1cc(Cl)ccc1C. The van der Waals surface area contributed by atoms with Crippen LogP contribution in [-0.4, -0.2) is 50.1 Å². The number of anilines is 1. The summed E-state index contributed by atoms with van der Waals surface area (Å²) in [5.41, 5.74) is 4.18. The second-order valence-corrected chi connectivity index (χ2v) is 8.70. The van der Waals surface area contributed by atoms with Crippen LogP contribution in [0.1, 0.15) is 23.1 Å². The van der Waals surface area contributed by atoms with Gasteiger partial charge in [-0.25, -0.2) is 0 Å². The maximum absolute atomic E-state index is 13.3. The number of rotatable bonds is 12. The third-order valence-electron chi connectivity index (χ3n) is 5.51. The largest absolute Gasteiger partial charge is 0.495 e. The monoisotopic (exact) mass is 508 g/mol. The van der Waals surface area contributed by atoms with E-state index in [0.717, 1.165) is 16.7 Å². The summed E-state index contributed by atoms with van der Waals surface area (Å²) < 4.78 is 5.66. The van der Waals surface area contributed by atoms with E-state index in [4.69, 9.17) is 21.7 Å². The van der Waals surface area contributed by atoms with E-state index in [9.17, 15) is 9.59 Å². The number of benzene rings is 2. The second kappa shape index (κ2) is 13.9. The minimum absolute atomic E-state index is 0.142. The van der Waals surface area contributed by atoms with Crippen LogP contribution in [0.5, 0.6) is 0 Å². The van der Waals surface area contributed by atoms with Crippen molar-refractivity contribution in [2.45, 2.75) is 26.3 Å². The lowest BCUT2D eigenvalue weighted by atomic mass is 9.98. The number of amides is 1. The molecule has 0 bridgehead atoms. The van der Waals surface area contributed by atoms with Gasteiger partial charge in [-0.05, 0) is 67.6 Å². The molecule has 1 unspecified atom stereocenters. The van der Waals surface area contributed by atoms with Crippen molar-refractivity contribution in [2.75, 3.05) is 26.5 Å². The standard InChI is InChI=1S/C28H33ClN4O3/c1-19-6-10-23(11-7-19)32-28(35)26(17-22(30)12-14-31-3)33(4)18-27(36-5)24(13-15-34)25-16-21(29)9-8-20(25)2/h6-16,18,26,30-31H,17H2,1-5H3,(H,32,35)/b14-12-,24-13-,27-18+,30-22?. The smallest absolute Gasteiger partial charge is 0.247 e. The van der Waals surface area contributed by atoms with Gasteiger partial charge in [-0.1, -0.05) is 35.4 Å². The van der Waals surface area contributed by atoms with Crippen LogP contribution in [0.25, 0.3) is 5.57 Å². The number of carbonyl (C=O) groups excluding carboxylic acids is 2. The van der Waals surface area contributed by atoms with E-state index >= 15 is 0 Å². The first-order valence-corrected chi connectivity index (χ1v) is 11.8. The Morgan fingerprint density at radius 1 is 1.19 bits per heavy atom. The highest BCUT2D eigenvalue weighted by atomic mass is 35.5. The summed E-state index contributed by atoms with van der Waals surface area (Å²) >= 11 is 6.22. The number of ether oxygens (including phenoxy) is 1. The quantitative estimate of drug-likeness (QED) is 0.122. The Morgan fingerprint density at radius 2 is 1.89 bits per heavy atom. The zero-order chi connectivity index (χ0) is 26.7. The van der Waals surface area contributed by atoms with Crippen LogP contribution in [0.4, 0.5) is 5.69 Å². The van der Waals surface area contributed by atoms with Crippen LogP contribution in [0, 0.1) is 19.3 Å². The Kier molecular flexibility index (Phi) is 11.0. The van der Waals surface area contributed by atoms with Crippen molar-refractivity contribution in [3.63, 3.8) is 0 Å². The maximum atomic E-state index is 13.3. The average molecular weight is 509 g/mol. The molecule has 0 saturated heterocycles. The topological polar surface area (TPSA) is 94.5 Å². The maximum Gasteiger partial charge on any atom is 0.247 e. The first kappa shape index (κ1) is 28.4. The van der Waals surface area contributed by atoms with Crippen LogP contribution in [-0.2, 0) is 14.3 Å². The minimum Gasteiger partial charge on any atom is -0.495 e. The van der Waals surface area contributed by atoms with Crippen LogP contribution >= 0.6 is 11.6 Å². The summed E-state index contributed by atoms with van der Waals surface area (Å²) in [6.07, 6.45) is 7.13. The fourth-order valence-electron chi connectivity index (χ4n) is 3.51. The molecule has 2 aromatic carbocycles. The summed E-state index contributed by atoms with van der Waals surface area (Å²) in [7, 11) is 4.97. The van der Waals surface area contributed by atoms with E-state index in [1.54, 1.807) is 49.6 Å². The Morgan fingerprint density at radius 3 is 2.50 bits per heavy atom. The molecule has 0 spiro atoms. The summed E-state index contributed by atoms with van der Waals surface area (Å²) in [4.78, 5) is 26.5. The molecular formula is C28H33ClN4O3. The van der Waals surface area contributed by atoms with Gasteiger partial charge in [0.2, 0.25) is 5.91 Å². The van der Waals surface area contributed by atoms with Crippen LogP contribution < -0.4 is 10.6 Å². The van der Waals surface area contributed by atoms with Gasteiger partial charge in [0.15, 0.2) is 0 Å². The molecule has 3 N–H and O–H groups in total. The first-order valence-electron chi connectivity index (χ1n) is 11.4. The molecule has 0 aromatic heterocycles. The molecule has 0 aliphatic carbocycles. The molecule has 0 heterocycles. The van der Waals surface area contributed by atoms with Crippen molar-refractivity contribution in [1.29, 1.82) is 5.41 Å². The van der Waals surface area contributed by atoms with E-state index in [2.05, 4.69) is 10.6 Å². The van der Waals surface area contributed by atoms with E-state index < -0.39 is 6.04 Å². The molecular weight excluding hydrogens is 476 g/mol. The molecule has 2 rings (SSSR count). The molecule has 0 aliphatic rings. The fourth-order valence-corrected chi connectivity index (χ4v) is 3.68. The normalized spacial score (nSPS) is 12.7. The minimum atomic E-state index is -0.733. The van der Waals surface area contributed by atoms with E-state index in [-0.39, 0.29) is 18.0 Å². The lowest BCUT2D eigenvalue weighted by molar-refractivity contribution is -0.119. The lowest BCUT2D eigenvalue weighted by Gasteiger charge is -2.27. The number of hydrogen-bond acceptors (Lipinski definition) is 6. The predicted octanol–water partition coefficient (Wildman–Crippen LogP) is 5.11. The highest BCUT2D eigenvalue weighted by Gasteiger charge is 2.24. The van der Waals surface area contributed by atoms with E-state index in [1.165, 1.54) is 13.2 Å². The second-order valence-electron chi connectivity index (χ2n) is 8.26. The lowest BCUT2D eigenvalue weighted by Crippen LogP contribution is -2.40. The predicted molar refractivity (Wildman–Crippen MR) is 147 cm³/mol. The molecule has 0 fully saturated rings. The zero-order valence-electron chi connectivity index (χ0n) is 21.3. The van der Waals surface area contributed by atoms with Crippen molar-refractivity contribution in [3.8, 4) is 0 Å². The summed E-state index contributed by atoms with van der Waals surface area (Å²) in [6, 6.07) is 12.2. The van der Waals surface area contributed by atoms with Crippen molar-refractivity contribution in [3.05, 3.63) is 94.5 Å². The zero-order valence-corrected chi connectivity index (χ0v) is 22.0. The third-order valence-corrected chi connectivity index (χ3v) is 5.74. The molecule has 190 valence electrons. The highest BCUT2D eigenvalue weighted by Crippen LogP contribution is 2.29. The van der Waals surface area contributed by atoms with Gasteiger partial charge in [-0.15, -0.1) is 0 Å². The molecule has 2 aromatic rings. The van der Waals surface area contributed by atoms with Gasteiger partial charge in [0, 0.05) is 48.7 Å². The van der Waals surface area contributed by atoms with Gasteiger partial charge in [0.25, 0.3) is 0 Å². The van der Waals surface area contributed by atoms with Gasteiger partial charge in [0.05, 0.1) is 7.11 Å². The first-order chi connectivity index (χ1) is 17.2. The van der Waals surface area contributed by atoms with Gasteiger partial charge in [-0.2, -0.15) is 0 Å². The van der Waals surface area contributed by atoms with Crippen LogP contribution in [0.15, 0.2) is 72.8 Å². The van der Waals surface area contributed by atoms with Crippen molar-refractivity contribution >= 4 is 40.8 Å². The van der Waals surface area contributed by atoms with Crippen molar-refractivity contribution < 1.29 is 14.3 Å². The number of allylic oxidation sites excluding steroid dienone is 3. The molecule has 7 nitrogen and oxygen atoms in total. The summed E-state index contributed by atoms with van der Waals surface area (Å²) in [6.45, 7) is 3.88. The van der Waals surface area contributed by atoms with Gasteiger partial charge < -0.3 is 25.7 Å². The van der Waals surface area contributed by atoms with Gasteiger partial charge in [-0.3, -0.25) is 9.59 Å². The molecule has 0 saturated carbocycles. The molecule has 0 radical (unpaired) electrons. The number of aryl methyl sites for hydroxylation is 2. The number of aldehydes is 1. The molecule has 1 amide bonds. The van der Waals surface area contributed by atoms with E-state index in [0.29, 0.717) is 28.3 Å². The molecule has 36 heavy (non-hydrogen) atoms. The molecule has 1 atom stereocenters. The highest BCUT2D eigenvalue weighted by molar-refractivity contribution is 6.30. The summed E-state index contributed by atoms with van der Waals surface area (Å²) in [5.74, 6) is 0.0934. The van der Waals surface area contributed by atoms with Gasteiger partial charge >= 0.3 is 0 Å². The Balaban J connectivity index is 2.46. The number of nitrogens with zero attached hydrogens (tertiary/aromatic N) is 1. The average Bonchev–Trinajstić information content (AvgIpc) is 2.86. The Bertz CT molecular complexity index is 1170. The van der Waals surface area contributed by atoms with Crippen LogP contribution in [0.3, 0.4) is 0 Å². The van der Waals surface area contributed by atoms with E-state index in [1.807, 2.05) is 44.2 Å². The molecule has 0 aliphatic heterocycles. The number of likely N-dealkylation sites (N-methyl/N-ethyl adjacent to an activating group) is 1. The fraction of sp³-hybridized carbons (Fsp3) is 0.250. The number of methoxy groups -OCH3 is 1. The number of hydrogen-bond donors (Lipinski definition) is 3. The van der Waals surface area contributed by atoms with Crippen molar-refractivity contribution in [1.82, 2.24) is 10.2 Å². The Labute approximate surface area is 218 Å². The number of carbonyl (C=O) groups is 2. The molecule has 8 heteroatoms. The number of halogens is 1. The van der Waals surface area contributed by atoms with Crippen LogP contribution in [0.2, 0.25) is 5.02 Å².